The third kappa shape index (κ3) is 4.75. The molecule has 3 aromatic rings. The van der Waals surface area contributed by atoms with Gasteiger partial charge in [0.05, 0.1) is 11.3 Å². The van der Waals surface area contributed by atoms with E-state index in [-0.39, 0.29) is 0 Å². The van der Waals surface area contributed by atoms with Gasteiger partial charge in [-0.1, -0.05) is 24.6 Å². The number of piperidine rings is 1. The Labute approximate surface area is 188 Å². The highest BCUT2D eigenvalue weighted by Gasteiger charge is 2.26. The van der Waals surface area contributed by atoms with Crippen LogP contribution in [0.15, 0.2) is 41.1 Å². The molecule has 0 bridgehead atoms. The van der Waals surface area contributed by atoms with Crippen LogP contribution in [0.25, 0.3) is 0 Å². The fourth-order valence-corrected chi connectivity index (χ4v) is 5.02. The smallest absolute Gasteiger partial charge is 0.228 e. The van der Waals surface area contributed by atoms with Gasteiger partial charge in [0.1, 0.15) is 5.75 Å². The quantitative estimate of drug-likeness (QED) is 0.535. The summed E-state index contributed by atoms with van der Waals surface area (Å²) in [7, 11) is 0. The normalized spacial score (nSPS) is 17.5. The zero-order valence-electron chi connectivity index (χ0n) is 18.4. The van der Waals surface area contributed by atoms with Crippen molar-refractivity contribution < 1.29 is 4.74 Å². The summed E-state index contributed by atoms with van der Waals surface area (Å²) in [6.07, 6.45) is 3.33. The maximum atomic E-state index is 6.37. The average molecular weight is 435 g/mol. The van der Waals surface area contributed by atoms with Crippen molar-refractivity contribution in [2.24, 2.45) is 5.92 Å². The molecule has 5 nitrogen and oxygen atoms in total. The summed E-state index contributed by atoms with van der Waals surface area (Å²) in [5.74, 6) is 3.17. The van der Waals surface area contributed by atoms with Gasteiger partial charge in [0.15, 0.2) is 0 Å². The van der Waals surface area contributed by atoms with Gasteiger partial charge in [-0.25, -0.2) is 4.98 Å². The lowest BCUT2D eigenvalue weighted by molar-refractivity contribution is 0.238. The maximum Gasteiger partial charge on any atom is 0.228 e. The Bertz CT molecular complexity index is 1010. The van der Waals surface area contributed by atoms with Crippen LogP contribution < -0.4 is 9.64 Å². The molecule has 2 aliphatic heterocycles. The van der Waals surface area contributed by atoms with Crippen LogP contribution in [0.2, 0.25) is 0 Å². The van der Waals surface area contributed by atoms with Gasteiger partial charge >= 0.3 is 0 Å². The molecule has 31 heavy (non-hydrogen) atoms. The standard InChI is InChI=1S/C25H30N4OS/c1-18-3-5-21(6-4-18)30-24-22-16-28(15-20-10-14-31-17-20)11-9-23(22)26-25(27-24)29-12-7-19(2)8-13-29/h3-6,10,14,17,19H,7-9,11-13,15-16H2,1-2H3. The van der Waals surface area contributed by atoms with E-state index in [9.17, 15) is 0 Å². The summed E-state index contributed by atoms with van der Waals surface area (Å²) >= 11 is 1.76. The maximum absolute atomic E-state index is 6.37. The Morgan fingerprint density at radius 2 is 1.87 bits per heavy atom. The zero-order valence-corrected chi connectivity index (χ0v) is 19.2. The first-order valence-corrected chi connectivity index (χ1v) is 12.2. The summed E-state index contributed by atoms with van der Waals surface area (Å²) in [6, 6.07) is 10.4. The Balaban J connectivity index is 1.45. The van der Waals surface area contributed by atoms with Gasteiger partial charge in [-0.2, -0.15) is 16.3 Å². The first-order valence-electron chi connectivity index (χ1n) is 11.3. The number of ether oxygens (including phenoxy) is 1. The van der Waals surface area contributed by atoms with Crippen LogP contribution in [0.1, 0.15) is 42.1 Å². The highest BCUT2D eigenvalue weighted by molar-refractivity contribution is 7.07. The van der Waals surface area contributed by atoms with Crippen molar-refractivity contribution in [3.8, 4) is 11.6 Å². The average Bonchev–Trinajstić information content (AvgIpc) is 3.29. The van der Waals surface area contributed by atoms with Gasteiger partial charge in [-0.15, -0.1) is 0 Å². The third-order valence-electron chi connectivity index (χ3n) is 6.38. The van der Waals surface area contributed by atoms with E-state index in [4.69, 9.17) is 14.7 Å². The number of hydrogen-bond donors (Lipinski definition) is 0. The van der Waals surface area contributed by atoms with E-state index < -0.39 is 0 Å². The molecule has 0 N–H and O–H groups in total. The molecule has 6 heteroatoms. The van der Waals surface area contributed by atoms with Gasteiger partial charge in [0, 0.05) is 39.1 Å². The molecule has 0 unspecified atom stereocenters. The van der Waals surface area contributed by atoms with Crippen molar-refractivity contribution in [2.45, 2.75) is 46.2 Å². The first kappa shape index (κ1) is 20.5. The third-order valence-corrected chi connectivity index (χ3v) is 7.11. The van der Waals surface area contributed by atoms with E-state index in [0.717, 1.165) is 73.9 Å². The second kappa shape index (κ2) is 8.97. The van der Waals surface area contributed by atoms with Crippen molar-refractivity contribution in [1.82, 2.24) is 14.9 Å². The molecule has 1 aromatic carbocycles. The monoisotopic (exact) mass is 434 g/mol. The van der Waals surface area contributed by atoms with Crippen molar-refractivity contribution >= 4 is 17.3 Å². The molecule has 2 aliphatic rings. The molecule has 162 valence electrons. The number of rotatable bonds is 5. The van der Waals surface area contributed by atoms with Gasteiger partial charge in [-0.05, 0) is 60.2 Å². The van der Waals surface area contributed by atoms with Crippen molar-refractivity contribution in [3.05, 3.63) is 63.5 Å². The largest absolute Gasteiger partial charge is 0.439 e. The Hall–Kier alpha value is -2.44. The lowest BCUT2D eigenvalue weighted by atomic mass is 9.99. The number of thiophene rings is 1. The second-order valence-electron chi connectivity index (χ2n) is 8.93. The van der Waals surface area contributed by atoms with Crippen molar-refractivity contribution in [3.63, 3.8) is 0 Å². The summed E-state index contributed by atoms with van der Waals surface area (Å²) < 4.78 is 6.37. The molecule has 0 radical (unpaired) electrons. The topological polar surface area (TPSA) is 41.5 Å². The number of nitrogens with zero attached hydrogens (tertiary/aromatic N) is 4. The molecular weight excluding hydrogens is 404 g/mol. The number of aromatic nitrogens is 2. The minimum Gasteiger partial charge on any atom is -0.439 e. The summed E-state index contributed by atoms with van der Waals surface area (Å²) in [5.41, 5.74) is 4.88. The number of fused-ring (bicyclic) bond motifs is 1. The Kier molecular flexibility index (Phi) is 5.92. The molecule has 1 fully saturated rings. The molecule has 0 amide bonds. The van der Waals surface area contributed by atoms with E-state index >= 15 is 0 Å². The first-order chi connectivity index (χ1) is 15.1. The molecule has 0 aliphatic carbocycles. The molecule has 0 saturated carbocycles. The molecule has 0 spiro atoms. The molecular formula is C25H30N4OS. The lowest BCUT2D eigenvalue weighted by Crippen LogP contribution is -2.36. The summed E-state index contributed by atoms with van der Waals surface area (Å²) in [6.45, 7) is 9.26. The Morgan fingerprint density at radius 1 is 1.06 bits per heavy atom. The molecule has 4 heterocycles. The SMILES string of the molecule is Cc1ccc(Oc2nc(N3CCC(C)CC3)nc3c2CN(Cc2ccsc2)CC3)cc1. The summed E-state index contributed by atoms with van der Waals surface area (Å²) in [5, 5.41) is 4.38. The molecule has 1 saturated heterocycles. The van der Waals surface area contributed by atoms with Crippen molar-refractivity contribution in [2.75, 3.05) is 24.5 Å². The number of aryl methyl sites for hydroxylation is 1. The van der Waals surface area contributed by atoms with Gasteiger partial charge < -0.3 is 9.64 Å². The van der Waals surface area contributed by atoms with Crippen LogP contribution in [-0.2, 0) is 19.5 Å². The summed E-state index contributed by atoms with van der Waals surface area (Å²) in [4.78, 5) is 14.8. The number of anilines is 1. The number of hydrogen-bond acceptors (Lipinski definition) is 6. The van der Waals surface area contributed by atoms with E-state index in [1.807, 2.05) is 12.1 Å². The van der Waals surface area contributed by atoms with E-state index in [1.54, 1.807) is 11.3 Å². The zero-order chi connectivity index (χ0) is 21.2. The van der Waals surface area contributed by atoms with E-state index in [0.29, 0.717) is 0 Å². The van der Waals surface area contributed by atoms with Gasteiger partial charge in [0.25, 0.3) is 0 Å². The lowest BCUT2D eigenvalue weighted by Gasteiger charge is -2.33. The Morgan fingerprint density at radius 3 is 2.61 bits per heavy atom. The van der Waals surface area contributed by atoms with E-state index in [1.165, 1.54) is 24.0 Å². The highest BCUT2D eigenvalue weighted by atomic mass is 32.1. The van der Waals surface area contributed by atoms with Gasteiger partial charge in [0.2, 0.25) is 11.8 Å². The van der Waals surface area contributed by atoms with Crippen LogP contribution in [0.3, 0.4) is 0 Å². The minimum atomic E-state index is 0.720. The fraction of sp³-hybridized carbons (Fsp3) is 0.440. The van der Waals surface area contributed by atoms with Crippen molar-refractivity contribution in [1.29, 1.82) is 0 Å². The van der Waals surface area contributed by atoms with Crippen LogP contribution in [0.5, 0.6) is 11.6 Å². The van der Waals surface area contributed by atoms with Gasteiger partial charge in [-0.3, -0.25) is 4.90 Å². The predicted octanol–water partition coefficient (Wildman–Crippen LogP) is 5.43. The molecule has 0 atom stereocenters. The molecule has 2 aromatic heterocycles. The minimum absolute atomic E-state index is 0.720. The van der Waals surface area contributed by atoms with E-state index in [2.05, 4.69) is 52.6 Å². The van der Waals surface area contributed by atoms with Crippen LogP contribution in [0.4, 0.5) is 5.95 Å². The van der Waals surface area contributed by atoms with Crippen LogP contribution in [-0.4, -0.2) is 34.5 Å². The highest BCUT2D eigenvalue weighted by Crippen LogP contribution is 2.33. The predicted molar refractivity (Wildman–Crippen MR) is 126 cm³/mol. The molecule has 5 rings (SSSR count). The second-order valence-corrected chi connectivity index (χ2v) is 9.71. The van der Waals surface area contributed by atoms with Crippen LogP contribution in [0, 0.1) is 12.8 Å². The van der Waals surface area contributed by atoms with Crippen LogP contribution >= 0.6 is 11.3 Å². The fourth-order valence-electron chi connectivity index (χ4n) is 4.36. The number of benzene rings is 1.